The normalized spacial score (nSPS) is 12.4. The van der Waals surface area contributed by atoms with Gasteiger partial charge in [0.1, 0.15) is 12.4 Å². The number of thiazole rings is 1. The SMILES string of the molecule is COCCOc1ccccc1C(N)c1sc(C)nc1C. The Morgan fingerprint density at radius 3 is 2.65 bits per heavy atom. The summed E-state index contributed by atoms with van der Waals surface area (Å²) in [6, 6.07) is 7.65. The van der Waals surface area contributed by atoms with E-state index >= 15 is 0 Å². The predicted octanol–water partition coefficient (Wildman–Crippen LogP) is 2.83. The third-order valence-electron chi connectivity index (χ3n) is 3.02. The smallest absolute Gasteiger partial charge is 0.124 e. The highest BCUT2D eigenvalue weighted by Gasteiger charge is 2.18. The van der Waals surface area contributed by atoms with Crippen molar-refractivity contribution in [2.24, 2.45) is 5.73 Å². The van der Waals surface area contributed by atoms with Crippen LogP contribution in [0.5, 0.6) is 5.75 Å². The fourth-order valence-electron chi connectivity index (χ4n) is 2.08. The van der Waals surface area contributed by atoms with Crippen molar-refractivity contribution in [3.63, 3.8) is 0 Å². The molecule has 1 aromatic heterocycles. The number of hydrogen-bond donors (Lipinski definition) is 1. The summed E-state index contributed by atoms with van der Waals surface area (Å²) in [5.41, 5.74) is 8.37. The molecular weight excluding hydrogens is 272 g/mol. The lowest BCUT2D eigenvalue weighted by atomic mass is 10.0. The van der Waals surface area contributed by atoms with Gasteiger partial charge in [-0.1, -0.05) is 18.2 Å². The first-order valence-electron chi connectivity index (χ1n) is 6.53. The molecule has 0 saturated heterocycles. The van der Waals surface area contributed by atoms with Crippen LogP contribution >= 0.6 is 11.3 Å². The van der Waals surface area contributed by atoms with E-state index in [0.29, 0.717) is 13.2 Å². The van der Waals surface area contributed by atoms with Crippen LogP contribution in [0.1, 0.15) is 27.2 Å². The third kappa shape index (κ3) is 3.36. The van der Waals surface area contributed by atoms with Crippen molar-refractivity contribution in [1.29, 1.82) is 0 Å². The molecule has 0 fully saturated rings. The lowest BCUT2D eigenvalue weighted by molar-refractivity contribution is 0.145. The Morgan fingerprint density at radius 2 is 2.00 bits per heavy atom. The molecular formula is C15H20N2O2S. The molecule has 0 bridgehead atoms. The Balaban J connectivity index is 2.25. The van der Waals surface area contributed by atoms with Crippen LogP contribution in [0.2, 0.25) is 0 Å². The Bertz CT molecular complexity index is 569. The van der Waals surface area contributed by atoms with Crippen molar-refractivity contribution >= 4 is 11.3 Å². The number of methoxy groups -OCH3 is 1. The zero-order valence-corrected chi connectivity index (χ0v) is 12.9. The average Bonchev–Trinajstić information content (AvgIpc) is 2.78. The highest BCUT2D eigenvalue weighted by molar-refractivity contribution is 7.11. The Kier molecular flexibility index (Phi) is 5.11. The van der Waals surface area contributed by atoms with Gasteiger partial charge in [0.05, 0.1) is 23.4 Å². The second-order valence-corrected chi connectivity index (χ2v) is 5.77. The number of para-hydroxylation sites is 1. The van der Waals surface area contributed by atoms with Crippen LogP contribution in [0.4, 0.5) is 0 Å². The molecule has 0 spiro atoms. The van der Waals surface area contributed by atoms with Gasteiger partial charge in [-0.15, -0.1) is 11.3 Å². The number of hydrogen-bond acceptors (Lipinski definition) is 5. The molecule has 4 nitrogen and oxygen atoms in total. The Hall–Kier alpha value is -1.43. The van der Waals surface area contributed by atoms with Gasteiger partial charge in [-0.25, -0.2) is 4.98 Å². The molecule has 2 N–H and O–H groups in total. The fourth-order valence-corrected chi connectivity index (χ4v) is 3.03. The van der Waals surface area contributed by atoms with E-state index in [1.807, 2.05) is 38.1 Å². The van der Waals surface area contributed by atoms with Crippen molar-refractivity contribution < 1.29 is 9.47 Å². The Labute approximate surface area is 123 Å². The Morgan fingerprint density at radius 1 is 1.25 bits per heavy atom. The quantitative estimate of drug-likeness (QED) is 0.832. The van der Waals surface area contributed by atoms with E-state index in [1.165, 1.54) is 0 Å². The average molecular weight is 292 g/mol. The summed E-state index contributed by atoms with van der Waals surface area (Å²) in [5, 5.41) is 1.03. The van der Waals surface area contributed by atoms with Crippen LogP contribution in [-0.4, -0.2) is 25.3 Å². The topological polar surface area (TPSA) is 57.4 Å². The van der Waals surface area contributed by atoms with E-state index in [9.17, 15) is 0 Å². The summed E-state index contributed by atoms with van der Waals surface area (Å²) in [4.78, 5) is 5.53. The number of ether oxygens (including phenoxy) is 2. The third-order valence-corrected chi connectivity index (χ3v) is 4.18. The van der Waals surface area contributed by atoms with E-state index < -0.39 is 0 Å². The maximum absolute atomic E-state index is 6.39. The van der Waals surface area contributed by atoms with Gasteiger partial charge in [0.15, 0.2) is 0 Å². The molecule has 0 radical (unpaired) electrons. The minimum atomic E-state index is -0.208. The summed E-state index contributed by atoms with van der Waals surface area (Å²) in [6.45, 7) is 5.06. The molecule has 1 unspecified atom stereocenters. The van der Waals surface area contributed by atoms with Crippen molar-refractivity contribution in [2.75, 3.05) is 20.3 Å². The van der Waals surface area contributed by atoms with Crippen LogP contribution in [0.25, 0.3) is 0 Å². The molecule has 1 atom stereocenters. The van der Waals surface area contributed by atoms with Crippen molar-refractivity contribution in [2.45, 2.75) is 19.9 Å². The lowest BCUT2D eigenvalue weighted by Gasteiger charge is -2.16. The van der Waals surface area contributed by atoms with Gasteiger partial charge in [-0.2, -0.15) is 0 Å². The molecule has 0 aliphatic rings. The first-order valence-corrected chi connectivity index (χ1v) is 7.35. The van der Waals surface area contributed by atoms with Gasteiger partial charge >= 0.3 is 0 Å². The summed E-state index contributed by atoms with van der Waals surface area (Å²) in [6.07, 6.45) is 0. The number of rotatable bonds is 6. The van der Waals surface area contributed by atoms with Crippen molar-refractivity contribution in [3.05, 3.63) is 45.4 Å². The molecule has 5 heteroatoms. The number of nitrogens with zero attached hydrogens (tertiary/aromatic N) is 1. The highest BCUT2D eigenvalue weighted by Crippen LogP contribution is 2.32. The molecule has 20 heavy (non-hydrogen) atoms. The van der Waals surface area contributed by atoms with Gasteiger partial charge in [-0.3, -0.25) is 0 Å². The van der Waals surface area contributed by atoms with Crippen LogP contribution in [0.15, 0.2) is 24.3 Å². The largest absolute Gasteiger partial charge is 0.491 e. The lowest BCUT2D eigenvalue weighted by Crippen LogP contribution is -2.14. The zero-order valence-electron chi connectivity index (χ0n) is 12.1. The summed E-state index contributed by atoms with van der Waals surface area (Å²) in [5.74, 6) is 0.808. The van der Waals surface area contributed by atoms with Crippen LogP contribution in [-0.2, 0) is 4.74 Å². The second kappa shape index (κ2) is 6.83. The molecule has 0 amide bonds. The molecule has 1 heterocycles. The summed E-state index contributed by atoms with van der Waals surface area (Å²) < 4.78 is 10.8. The van der Waals surface area contributed by atoms with E-state index in [4.69, 9.17) is 15.2 Å². The minimum Gasteiger partial charge on any atom is -0.491 e. The van der Waals surface area contributed by atoms with Gasteiger partial charge in [0.2, 0.25) is 0 Å². The van der Waals surface area contributed by atoms with Gasteiger partial charge in [0, 0.05) is 17.6 Å². The molecule has 2 aromatic rings. The number of benzene rings is 1. The van der Waals surface area contributed by atoms with Gasteiger partial charge in [0.25, 0.3) is 0 Å². The standard InChI is InChI=1S/C15H20N2O2S/c1-10-15(20-11(2)17-10)14(16)12-6-4-5-7-13(12)19-9-8-18-3/h4-7,14H,8-9,16H2,1-3H3. The number of nitrogens with two attached hydrogens (primary N) is 1. The van der Waals surface area contributed by atoms with Crippen molar-refractivity contribution in [1.82, 2.24) is 4.98 Å². The van der Waals surface area contributed by atoms with E-state index in [-0.39, 0.29) is 6.04 Å². The van der Waals surface area contributed by atoms with E-state index in [1.54, 1.807) is 18.4 Å². The summed E-state index contributed by atoms with van der Waals surface area (Å²) >= 11 is 1.64. The van der Waals surface area contributed by atoms with Crippen LogP contribution in [0.3, 0.4) is 0 Å². The van der Waals surface area contributed by atoms with Crippen LogP contribution < -0.4 is 10.5 Å². The van der Waals surface area contributed by atoms with E-state index in [0.717, 1.165) is 26.9 Å². The van der Waals surface area contributed by atoms with Gasteiger partial charge < -0.3 is 15.2 Å². The minimum absolute atomic E-state index is 0.208. The molecule has 1 aromatic carbocycles. The molecule has 0 aliphatic heterocycles. The summed E-state index contributed by atoms with van der Waals surface area (Å²) in [7, 11) is 1.66. The number of aromatic nitrogens is 1. The maximum atomic E-state index is 6.39. The van der Waals surface area contributed by atoms with Gasteiger partial charge in [-0.05, 0) is 19.9 Å². The maximum Gasteiger partial charge on any atom is 0.124 e. The highest BCUT2D eigenvalue weighted by atomic mass is 32.1. The first kappa shape index (κ1) is 15.0. The first-order chi connectivity index (χ1) is 9.63. The van der Waals surface area contributed by atoms with E-state index in [2.05, 4.69) is 4.98 Å². The molecule has 0 aliphatic carbocycles. The predicted molar refractivity (Wildman–Crippen MR) is 81.4 cm³/mol. The molecule has 2 rings (SSSR count). The van der Waals surface area contributed by atoms with Crippen molar-refractivity contribution in [3.8, 4) is 5.75 Å². The number of aryl methyl sites for hydroxylation is 2. The zero-order chi connectivity index (χ0) is 14.5. The molecule has 108 valence electrons. The second-order valence-electron chi connectivity index (χ2n) is 4.54. The van der Waals surface area contributed by atoms with Crippen LogP contribution in [0, 0.1) is 13.8 Å². The fraction of sp³-hybridized carbons (Fsp3) is 0.400. The molecule has 0 saturated carbocycles. The monoisotopic (exact) mass is 292 g/mol.